The molecule has 1 aromatic rings. The summed E-state index contributed by atoms with van der Waals surface area (Å²) in [6.07, 6.45) is 0. The van der Waals surface area contributed by atoms with Gasteiger partial charge in [0.15, 0.2) is 0 Å². The standard InChI is InChI=1S/C9H9N2O/c1-9(12-2)10-7-5-3-4-6-8(7)11-9/h3-6H,1H2,2H3. The van der Waals surface area contributed by atoms with Crippen molar-refractivity contribution in [3.8, 4) is 0 Å². The van der Waals surface area contributed by atoms with Gasteiger partial charge in [0.2, 0.25) is 0 Å². The van der Waals surface area contributed by atoms with Crippen LogP contribution >= 0.6 is 0 Å². The zero-order valence-electron chi connectivity index (χ0n) is 6.82. The van der Waals surface area contributed by atoms with Crippen molar-refractivity contribution >= 4 is 0 Å². The molecule has 3 heteroatoms. The molecular weight excluding hydrogens is 152 g/mol. The molecule has 0 bridgehead atoms. The van der Waals surface area contributed by atoms with Crippen LogP contribution in [0.15, 0.2) is 34.3 Å². The van der Waals surface area contributed by atoms with Gasteiger partial charge >= 0.3 is 0 Å². The average Bonchev–Trinajstić information content (AvgIpc) is 2.42. The van der Waals surface area contributed by atoms with Crippen molar-refractivity contribution in [3.63, 3.8) is 0 Å². The molecule has 0 aromatic heterocycles. The first-order chi connectivity index (χ1) is 5.73. The van der Waals surface area contributed by atoms with Crippen molar-refractivity contribution in [1.82, 2.24) is 0 Å². The number of rotatable bonds is 1. The van der Waals surface area contributed by atoms with Crippen LogP contribution in [0.4, 0.5) is 0 Å². The van der Waals surface area contributed by atoms with Crippen LogP contribution in [-0.2, 0) is 4.74 Å². The van der Waals surface area contributed by atoms with Gasteiger partial charge in [0.1, 0.15) is 0 Å². The summed E-state index contributed by atoms with van der Waals surface area (Å²) in [7, 11) is 1.55. The predicted molar refractivity (Wildman–Crippen MR) is 43.9 cm³/mol. The van der Waals surface area contributed by atoms with Gasteiger partial charge in [0, 0.05) is 14.0 Å². The summed E-state index contributed by atoms with van der Waals surface area (Å²) in [5.74, 6) is -0.955. The maximum atomic E-state index is 5.04. The van der Waals surface area contributed by atoms with Crippen LogP contribution in [0.25, 0.3) is 0 Å². The van der Waals surface area contributed by atoms with Crippen molar-refractivity contribution in [1.29, 1.82) is 0 Å². The maximum Gasteiger partial charge on any atom is 0.257 e. The molecule has 0 amide bonds. The van der Waals surface area contributed by atoms with Gasteiger partial charge in [-0.2, -0.15) is 0 Å². The van der Waals surface area contributed by atoms with Gasteiger partial charge in [-0.15, -0.1) is 0 Å². The predicted octanol–water partition coefficient (Wildman–Crippen LogP) is 0.0737. The lowest BCUT2D eigenvalue weighted by Gasteiger charge is -2.13. The molecule has 0 saturated heterocycles. The summed E-state index contributed by atoms with van der Waals surface area (Å²) >= 11 is 0. The molecular formula is C9H9N2O. The van der Waals surface area contributed by atoms with Crippen molar-refractivity contribution in [2.75, 3.05) is 7.11 Å². The minimum atomic E-state index is -0.955. The molecule has 0 fully saturated rings. The summed E-state index contributed by atoms with van der Waals surface area (Å²) in [4.78, 5) is 8.40. The van der Waals surface area contributed by atoms with Crippen LogP contribution in [0.1, 0.15) is 0 Å². The van der Waals surface area contributed by atoms with E-state index in [2.05, 4.69) is 16.9 Å². The molecule has 3 nitrogen and oxygen atoms in total. The van der Waals surface area contributed by atoms with Crippen molar-refractivity contribution in [2.24, 2.45) is 9.98 Å². The highest BCUT2D eigenvalue weighted by molar-refractivity contribution is 5.06. The number of ether oxygens (including phenoxy) is 1. The molecule has 1 heterocycles. The van der Waals surface area contributed by atoms with Gasteiger partial charge < -0.3 is 4.74 Å². The van der Waals surface area contributed by atoms with E-state index in [1.807, 2.05) is 24.3 Å². The van der Waals surface area contributed by atoms with Crippen LogP contribution in [0.5, 0.6) is 0 Å². The van der Waals surface area contributed by atoms with Crippen LogP contribution in [0.3, 0.4) is 0 Å². The van der Waals surface area contributed by atoms with E-state index in [0.717, 1.165) is 10.7 Å². The number of benzene rings is 1. The normalized spacial score (nSPS) is 17.8. The van der Waals surface area contributed by atoms with E-state index in [1.54, 1.807) is 7.11 Å². The molecule has 1 aliphatic rings. The van der Waals surface area contributed by atoms with E-state index in [9.17, 15) is 0 Å². The Labute approximate surface area is 70.4 Å². The first kappa shape index (κ1) is 7.43. The minimum Gasteiger partial charge on any atom is -0.339 e. The Hall–Kier alpha value is -1.22. The van der Waals surface area contributed by atoms with Crippen molar-refractivity contribution in [3.05, 3.63) is 41.9 Å². The third-order valence-corrected chi connectivity index (χ3v) is 1.80. The number of hydrogen-bond acceptors (Lipinski definition) is 3. The van der Waals surface area contributed by atoms with Crippen molar-refractivity contribution in [2.45, 2.75) is 5.85 Å². The molecule has 1 aromatic carbocycles. The highest BCUT2D eigenvalue weighted by atomic mass is 16.5. The Kier molecular flexibility index (Phi) is 1.48. The fraction of sp³-hybridized carbons (Fsp3) is 0.222. The van der Waals surface area contributed by atoms with Gasteiger partial charge in [-0.05, 0) is 12.1 Å². The Morgan fingerprint density at radius 1 is 1.25 bits per heavy atom. The lowest BCUT2D eigenvalue weighted by molar-refractivity contribution is 0.0442. The second kappa shape index (κ2) is 2.38. The lowest BCUT2D eigenvalue weighted by atomic mass is 10.3. The highest BCUT2D eigenvalue weighted by Gasteiger charge is 2.23. The first-order valence-corrected chi connectivity index (χ1v) is 3.69. The summed E-state index contributed by atoms with van der Waals surface area (Å²) in [6.45, 7) is 3.75. The molecule has 1 aliphatic heterocycles. The van der Waals surface area contributed by atoms with E-state index in [1.165, 1.54) is 0 Å². The number of fused-ring (bicyclic) bond motifs is 1. The zero-order chi connectivity index (χ0) is 8.60. The molecule has 0 atom stereocenters. The monoisotopic (exact) mass is 161 g/mol. The van der Waals surface area contributed by atoms with Crippen LogP contribution in [0.2, 0.25) is 0 Å². The number of methoxy groups -OCH3 is 1. The van der Waals surface area contributed by atoms with E-state index in [0.29, 0.717) is 0 Å². The molecule has 2 rings (SSSR count). The van der Waals surface area contributed by atoms with Crippen LogP contribution < -0.4 is 10.7 Å². The van der Waals surface area contributed by atoms with E-state index >= 15 is 0 Å². The first-order valence-electron chi connectivity index (χ1n) is 3.69. The van der Waals surface area contributed by atoms with Gasteiger partial charge in [-0.3, -0.25) is 0 Å². The molecule has 0 unspecified atom stereocenters. The van der Waals surface area contributed by atoms with E-state index in [-0.39, 0.29) is 0 Å². The van der Waals surface area contributed by atoms with Gasteiger partial charge in [0.25, 0.3) is 5.85 Å². The molecule has 61 valence electrons. The topological polar surface area (TPSA) is 34.0 Å². The Bertz CT molecular complexity index is 376. The van der Waals surface area contributed by atoms with Gasteiger partial charge in [-0.25, -0.2) is 9.98 Å². The molecule has 0 saturated carbocycles. The summed E-state index contributed by atoms with van der Waals surface area (Å²) in [5, 5.41) is 1.68. The van der Waals surface area contributed by atoms with E-state index in [4.69, 9.17) is 4.74 Å². The summed E-state index contributed by atoms with van der Waals surface area (Å²) < 4.78 is 5.04. The highest BCUT2D eigenvalue weighted by Crippen LogP contribution is 2.11. The number of hydrogen-bond donors (Lipinski definition) is 0. The fourth-order valence-corrected chi connectivity index (χ4v) is 1.15. The molecule has 0 N–H and O–H groups in total. The SMILES string of the molecule is [CH2]C1(OC)N=c2ccccc2=N1. The second-order valence-electron chi connectivity index (χ2n) is 2.66. The summed E-state index contributed by atoms with van der Waals surface area (Å²) in [6, 6.07) is 7.62. The zero-order valence-corrected chi connectivity index (χ0v) is 6.82. The lowest BCUT2D eigenvalue weighted by Crippen LogP contribution is -2.20. The second-order valence-corrected chi connectivity index (χ2v) is 2.66. The molecule has 0 spiro atoms. The Balaban J connectivity index is 2.68. The molecule has 12 heavy (non-hydrogen) atoms. The quantitative estimate of drug-likeness (QED) is 0.574. The molecule has 0 aliphatic carbocycles. The third-order valence-electron chi connectivity index (χ3n) is 1.80. The third kappa shape index (κ3) is 1.02. The van der Waals surface area contributed by atoms with Gasteiger partial charge in [-0.1, -0.05) is 12.1 Å². The van der Waals surface area contributed by atoms with Crippen molar-refractivity contribution < 1.29 is 4.74 Å². The average molecular weight is 161 g/mol. The van der Waals surface area contributed by atoms with E-state index < -0.39 is 5.85 Å². The fourth-order valence-electron chi connectivity index (χ4n) is 1.15. The minimum absolute atomic E-state index is 0.842. The van der Waals surface area contributed by atoms with Gasteiger partial charge in [0.05, 0.1) is 10.7 Å². The Morgan fingerprint density at radius 2 is 1.75 bits per heavy atom. The number of nitrogens with zero attached hydrogens (tertiary/aromatic N) is 2. The Morgan fingerprint density at radius 3 is 2.17 bits per heavy atom. The van der Waals surface area contributed by atoms with Crippen LogP contribution in [0, 0.1) is 6.92 Å². The van der Waals surface area contributed by atoms with Crippen LogP contribution in [-0.4, -0.2) is 13.0 Å². The number of para-hydroxylation sites is 2. The summed E-state index contributed by atoms with van der Waals surface area (Å²) in [5.41, 5.74) is 0. The maximum absolute atomic E-state index is 5.04. The largest absolute Gasteiger partial charge is 0.339 e. The molecule has 1 radical (unpaired) electrons. The smallest absolute Gasteiger partial charge is 0.257 e.